The van der Waals surface area contributed by atoms with E-state index in [-0.39, 0.29) is 18.2 Å². The Morgan fingerprint density at radius 3 is 2.48 bits per heavy atom. The largest absolute Gasteiger partial charge is 0.469 e. The predicted octanol–water partition coefficient (Wildman–Crippen LogP) is 5.02. The molecule has 0 aromatic rings. The molecule has 1 aliphatic heterocycles. The quantitative estimate of drug-likeness (QED) is 0.243. The molecule has 1 saturated carbocycles. The number of carbonyl (C=O) groups excluding carboxylic acids is 2. The van der Waals surface area contributed by atoms with Crippen molar-refractivity contribution in [3.05, 3.63) is 11.6 Å². The number of Topliss-reactive ketones (excluding diaryl/α,β-unsaturated/α-hetero) is 1. The first-order valence-corrected chi connectivity index (χ1v) is 11.5. The Labute approximate surface area is 176 Å². The summed E-state index contributed by atoms with van der Waals surface area (Å²) in [5.41, 5.74) is 1.28. The molecule has 29 heavy (non-hydrogen) atoms. The highest BCUT2D eigenvalue weighted by atomic mass is 16.6. The number of ketones is 1. The second kappa shape index (κ2) is 13.2. The van der Waals surface area contributed by atoms with Crippen LogP contribution in [-0.4, -0.2) is 44.3 Å². The molecule has 0 aromatic carbocycles. The van der Waals surface area contributed by atoms with Crippen LogP contribution in [0.25, 0.3) is 0 Å². The average molecular weight is 409 g/mol. The van der Waals surface area contributed by atoms with Crippen molar-refractivity contribution < 1.29 is 23.8 Å². The fraction of sp³-hybridized carbons (Fsp3) is 0.833. The van der Waals surface area contributed by atoms with E-state index in [2.05, 4.69) is 19.9 Å². The topological polar surface area (TPSA) is 61.8 Å². The summed E-state index contributed by atoms with van der Waals surface area (Å²) in [6.45, 7) is 5.52. The van der Waals surface area contributed by atoms with Gasteiger partial charge >= 0.3 is 5.97 Å². The van der Waals surface area contributed by atoms with E-state index < -0.39 is 0 Å². The highest BCUT2D eigenvalue weighted by molar-refractivity contribution is 5.78. The zero-order valence-electron chi connectivity index (χ0n) is 18.6. The molecule has 0 N–H and O–H groups in total. The number of carbonyl (C=O) groups is 2. The molecule has 2 fully saturated rings. The zero-order valence-corrected chi connectivity index (χ0v) is 18.6. The van der Waals surface area contributed by atoms with Crippen molar-refractivity contribution in [1.29, 1.82) is 0 Å². The number of hydrogen-bond donors (Lipinski definition) is 0. The van der Waals surface area contributed by atoms with Gasteiger partial charge in [-0.05, 0) is 57.8 Å². The lowest BCUT2D eigenvalue weighted by Crippen LogP contribution is -2.37. The molecule has 2 unspecified atom stereocenters. The molecule has 5 nitrogen and oxygen atoms in total. The number of ether oxygens (including phenoxy) is 3. The van der Waals surface area contributed by atoms with Gasteiger partial charge < -0.3 is 14.2 Å². The van der Waals surface area contributed by atoms with E-state index in [1.54, 1.807) is 0 Å². The Bertz CT molecular complexity index is 537. The monoisotopic (exact) mass is 408 g/mol. The van der Waals surface area contributed by atoms with Crippen LogP contribution in [-0.2, 0) is 23.8 Å². The third kappa shape index (κ3) is 8.59. The smallest absolute Gasteiger partial charge is 0.305 e. The first-order chi connectivity index (χ1) is 14.0. The summed E-state index contributed by atoms with van der Waals surface area (Å²) in [6, 6.07) is 0. The van der Waals surface area contributed by atoms with Gasteiger partial charge in [-0.1, -0.05) is 30.9 Å². The second-order valence-electron chi connectivity index (χ2n) is 8.83. The SMILES string of the molecule is COC(=O)CCCCCC[C@H]1C2OCCOC2C[C@@H]1CCC(=O)CCC=C(C)C. The van der Waals surface area contributed by atoms with Crippen molar-refractivity contribution >= 4 is 11.8 Å². The fourth-order valence-corrected chi connectivity index (χ4v) is 4.76. The number of fused-ring (bicyclic) bond motifs is 1. The van der Waals surface area contributed by atoms with Gasteiger partial charge in [0.15, 0.2) is 0 Å². The molecule has 166 valence electrons. The predicted molar refractivity (Wildman–Crippen MR) is 114 cm³/mol. The van der Waals surface area contributed by atoms with E-state index in [1.807, 2.05) is 0 Å². The Morgan fingerprint density at radius 2 is 1.72 bits per heavy atom. The van der Waals surface area contributed by atoms with Gasteiger partial charge in [-0.15, -0.1) is 0 Å². The Hall–Kier alpha value is -1.20. The van der Waals surface area contributed by atoms with E-state index in [1.165, 1.54) is 12.7 Å². The summed E-state index contributed by atoms with van der Waals surface area (Å²) in [5.74, 6) is 1.27. The van der Waals surface area contributed by atoms with Crippen molar-refractivity contribution in [1.82, 2.24) is 0 Å². The minimum Gasteiger partial charge on any atom is -0.469 e. The summed E-state index contributed by atoms with van der Waals surface area (Å²) in [7, 11) is 1.44. The first-order valence-electron chi connectivity index (χ1n) is 11.5. The molecule has 2 rings (SSSR count). The van der Waals surface area contributed by atoms with Crippen LogP contribution in [0.1, 0.15) is 84.5 Å². The van der Waals surface area contributed by atoms with Gasteiger partial charge in [0.2, 0.25) is 0 Å². The van der Waals surface area contributed by atoms with E-state index in [9.17, 15) is 9.59 Å². The summed E-state index contributed by atoms with van der Waals surface area (Å²) in [4.78, 5) is 23.5. The molecule has 5 heteroatoms. The normalized spacial score (nSPS) is 26.0. The van der Waals surface area contributed by atoms with Crippen molar-refractivity contribution in [3.8, 4) is 0 Å². The van der Waals surface area contributed by atoms with Crippen LogP contribution in [0.15, 0.2) is 11.6 Å². The number of methoxy groups -OCH3 is 1. The van der Waals surface area contributed by atoms with E-state index >= 15 is 0 Å². The lowest BCUT2D eigenvalue weighted by atomic mass is 9.85. The van der Waals surface area contributed by atoms with Gasteiger partial charge in [-0.2, -0.15) is 0 Å². The van der Waals surface area contributed by atoms with Gasteiger partial charge in [0.1, 0.15) is 5.78 Å². The van der Waals surface area contributed by atoms with Gasteiger partial charge in [0, 0.05) is 19.3 Å². The highest BCUT2D eigenvalue weighted by Crippen LogP contribution is 2.43. The van der Waals surface area contributed by atoms with Crippen LogP contribution in [0, 0.1) is 11.8 Å². The lowest BCUT2D eigenvalue weighted by Gasteiger charge is -2.30. The second-order valence-corrected chi connectivity index (χ2v) is 8.83. The third-order valence-electron chi connectivity index (χ3n) is 6.32. The average Bonchev–Trinajstić information content (AvgIpc) is 3.06. The van der Waals surface area contributed by atoms with Crippen LogP contribution in [0.3, 0.4) is 0 Å². The Balaban J connectivity index is 1.75. The maximum atomic E-state index is 12.3. The number of unbranched alkanes of at least 4 members (excludes halogenated alkanes) is 3. The molecule has 1 saturated heterocycles. The van der Waals surface area contributed by atoms with Gasteiger partial charge in [-0.25, -0.2) is 0 Å². The van der Waals surface area contributed by atoms with Gasteiger partial charge in [0.05, 0.1) is 32.5 Å². The minimum atomic E-state index is -0.120. The summed E-state index contributed by atoms with van der Waals surface area (Å²) in [6.07, 6.45) is 12.6. The molecule has 2 aliphatic rings. The summed E-state index contributed by atoms with van der Waals surface area (Å²) >= 11 is 0. The Morgan fingerprint density at radius 1 is 0.966 bits per heavy atom. The molecule has 1 aliphatic carbocycles. The molecule has 0 spiro atoms. The van der Waals surface area contributed by atoms with Crippen molar-refractivity contribution in [2.24, 2.45) is 11.8 Å². The Kier molecular flexibility index (Phi) is 10.9. The van der Waals surface area contributed by atoms with Crippen molar-refractivity contribution in [2.45, 2.75) is 96.7 Å². The zero-order chi connectivity index (χ0) is 21.1. The van der Waals surface area contributed by atoms with Crippen molar-refractivity contribution in [2.75, 3.05) is 20.3 Å². The minimum absolute atomic E-state index is 0.120. The van der Waals surface area contributed by atoms with Crippen LogP contribution in [0.5, 0.6) is 0 Å². The molecule has 0 bridgehead atoms. The number of hydrogen-bond acceptors (Lipinski definition) is 5. The van der Waals surface area contributed by atoms with Crippen molar-refractivity contribution in [3.63, 3.8) is 0 Å². The summed E-state index contributed by atoms with van der Waals surface area (Å²) < 4.78 is 16.8. The number of esters is 1. The standard InChI is InChI=1S/C24H40O5/c1-18(2)9-8-10-20(25)14-13-19-17-22-24(29-16-15-28-22)21(19)11-6-4-5-7-12-23(26)27-3/h9,19,21-22,24H,4-8,10-17H2,1-3H3/t19-,21+,22?,24?/m0/s1. The van der Waals surface area contributed by atoms with E-state index in [4.69, 9.17) is 14.2 Å². The third-order valence-corrected chi connectivity index (χ3v) is 6.32. The van der Waals surface area contributed by atoms with E-state index in [0.29, 0.717) is 50.1 Å². The maximum Gasteiger partial charge on any atom is 0.305 e. The molecule has 1 heterocycles. The van der Waals surface area contributed by atoms with Crippen LogP contribution >= 0.6 is 0 Å². The van der Waals surface area contributed by atoms with Crippen LogP contribution in [0.4, 0.5) is 0 Å². The van der Waals surface area contributed by atoms with Crippen LogP contribution in [0.2, 0.25) is 0 Å². The first kappa shape index (κ1) is 24.1. The maximum absolute atomic E-state index is 12.3. The number of allylic oxidation sites excluding steroid dienone is 2. The summed E-state index contributed by atoms with van der Waals surface area (Å²) in [5, 5.41) is 0. The molecular weight excluding hydrogens is 368 g/mol. The van der Waals surface area contributed by atoms with Crippen LogP contribution < -0.4 is 0 Å². The van der Waals surface area contributed by atoms with E-state index in [0.717, 1.165) is 51.4 Å². The molecule has 0 amide bonds. The lowest BCUT2D eigenvalue weighted by molar-refractivity contribution is -0.140. The molecule has 0 aromatic heterocycles. The molecular formula is C24H40O5. The van der Waals surface area contributed by atoms with Gasteiger partial charge in [-0.3, -0.25) is 9.59 Å². The number of rotatable bonds is 13. The van der Waals surface area contributed by atoms with Gasteiger partial charge in [0.25, 0.3) is 0 Å². The fourth-order valence-electron chi connectivity index (χ4n) is 4.76. The molecule has 0 radical (unpaired) electrons. The highest BCUT2D eigenvalue weighted by Gasteiger charge is 2.45. The molecule has 4 atom stereocenters.